The highest BCUT2D eigenvalue weighted by molar-refractivity contribution is 5.95. The van der Waals surface area contributed by atoms with Crippen molar-refractivity contribution in [2.75, 3.05) is 18.4 Å². The lowest BCUT2D eigenvalue weighted by Crippen LogP contribution is -2.25. The van der Waals surface area contributed by atoms with Gasteiger partial charge in [-0.05, 0) is 67.3 Å². The lowest BCUT2D eigenvalue weighted by atomic mass is 10.0. The molecule has 1 aliphatic heterocycles. The number of pyridine rings is 1. The van der Waals surface area contributed by atoms with E-state index in [0.29, 0.717) is 60.4 Å². The van der Waals surface area contributed by atoms with E-state index >= 15 is 0 Å². The number of likely N-dealkylation sites (tertiary alicyclic amines) is 1. The van der Waals surface area contributed by atoms with E-state index in [-0.39, 0.29) is 11.7 Å². The molecule has 36 heavy (non-hydrogen) atoms. The maximum atomic E-state index is 14.9. The van der Waals surface area contributed by atoms with Crippen LogP contribution in [0.2, 0.25) is 0 Å². The number of anilines is 2. The molecule has 2 aromatic heterocycles. The van der Waals surface area contributed by atoms with Crippen LogP contribution >= 0.6 is 0 Å². The summed E-state index contributed by atoms with van der Waals surface area (Å²) in [5, 5.41) is 10.6. The molecule has 1 atom stereocenters. The maximum Gasteiger partial charge on any atom is 0.251 e. The molecule has 2 N–H and O–H groups in total. The Morgan fingerprint density at radius 1 is 1.08 bits per heavy atom. The fraction of sp³-hybridized carbons (Fsp3) is 0.296. The number of fused-ring (bicyclic) bond motifs is 1. The molecule has 1 saturated carbocycles. The minimum absolute atomic E-state index is 0.0650. The summed E-state index contributed by atoms with van der Waals surface area (Å²) in [6.45, 7) is 1.40. The number of aromatic nitrogens is 3. The Labute approximate surface area is 207 Å². The summed E-state index contributed by atoms with van der Waals surface area (Å²) in [6, 6.07) is 16.3. The van der Waals surface area contributed by atoms with Gasteiger partial charge in [0, 0.05) is 54.3 Å². The monoisotopic (exact) mass is 488 g/mol. The first-order chi connectivity index (χ1) is 17.5. The number of hydrogen-bond donors (Lipinski definition) is 2. The van der Waals surface area contributed by atoms with Gasteiger partial charge in [0.05, 0.1) is 0 Å². The molecule has 1 unspecified atom stereocenters. The van der Waals surface area contributed by atoms with Crippen LogP contribution in [0.1, 0.15) is 35.2 Å². The Bertz CT molecular complexity index is 1420. The quantitative estimate of drug-likeness (QED) is 0.394. The fourth-order valence-corrected chi connectivity index (χ4v) is 4.53. The minimum Gasteiger partial charge on any atom is -0.349 e. The molecule has 2 fully saturated rings. The molecule has 1 saturated heterocycles. The van der Waals surface area contributed by atoms with Gasteiger partial charge in [-0.25, -0.2) is 13.3 Å². The average Bonchev–Trinajstić information content (AvgIpc) is 3.44. The number of carbonyl (C=O) groups is 1. The molecular weight excluding hydrogens is 462 g/mol. The van der Waals surface area contributed by atoms with E-state index in [2.05, 4.69) is 20.7 Å². The van der Waals surface area contributed by atoms with E-state index in [0.717, 1.165) is 24.1 Å². The summed E-state index contributed by atoms with van der Waals surface area (Å²) >= 11 is 0. The van der Waals surface area contributed by atoms with Crippen molar-refractivity contribution < 1.29 is 13.6 Å². The molecule has 7 nitrogen and oxygen atoms in total. The van der Waals surface area contributed by atoms with Crippen molar-refractivity contribution in [1.29, 1.82) is 0 Å². The van der Waals surface area contributed by atoms with Gasteiger partial charge in [-0.3, -0.25) is 9.69 Å². The number of halogens is 2. The van der Waals surface area contributed by atoms with E-state index in [1.807, 2.05) is 35.2 Å². The highest BCUT2D eigenvalue weighted by Crippen LogP contribution is 2.28. The van der Waals surface area contributed by atoms with Crippen molar-refractivity contribution in [3.63, 3.8) is 0 Å². The van der Waals surface area contributed by atoms with Gasteiger partial charge in [0.15, 0.2) is 5.65 Å². The molecule has 0 bridgehead atoms. The summed E-state index contributed by atoms with van der Waals surface area (Å²) in [5.41, 5.74) is 3.95. The first kappa shape index (κ1) is 22.6. The number of amides is 1. The van der Waals surface area contributed by atoms with Crippen molar-refractivity contribution in [3.8, 4) is 11.1 Å². The Morgan fingerprint density at radius 2 is 1.92 bits per heavy atom. The van der Waals surface area contributed by atoms with Crippen LogP contribution in [0.15, 0.2) is 60.8 Å². The number of benzene rings is 2. The third-order valence-corrected chi connectivity index (χ3v) is 6.65. The zero-order valence-electron chi connectivity index (χ0n) is 19.6. The van der Waals surface area contributed by atoms with Gasteiger partial charge >= 0.3 is 0 Å². The molecule has 3 heterocycles. The molecule has 4 aromatic rings. The van der Waals surface area contributed by atoms with E-state index < -0.39 is 6.17 Å². The number of rotatable bonds is 7. The third-order valence-electron chi connectivity index (χ3n) is 6.65. The molecule has 9 heteroatoms. The topological polar surface area (TPSA) is 74.6 Å². The maximum absolute atomic E-state index is 14.9. The van der Waals surface area contributed by atoms with Crippen LogP contribution in [0, 0.1) is 5.82 Å². The molecule has 184 valence electrons. The van der Waals surface area contributed by atoms with Crippen molar-refractivity contribution in [1.82, 2.24) is 24.8 Å². The van der Waals surface area contributed by atoms with Crippen LogP contribution in [0.3, 0.4) is 0 Å². The van der Waals surface area contributed by atoms with Crippen molar-refractivity contribution in [3.05, 3.63) is 77.7 Å². The highest BCUT2D eigenvalue weighted by atomic mass is 19.1. The van der Waals surface area contributed by atoms with Gasteiger partial charge in [-0.2, -0.15) is 4.98 Å². The molecule has 2 aromatic carbocycles. The lowest BCUT2D eigenvalue weighted by Gasteiger charge is -2.15. The number of nitrogens with one attached hydrogen (secondary N) is 2. The molecule has 0 radical (unpaired) electrons. The zero-order chi connectivity index (χ0) is 24.6. The molecule has 2 aliphatic rings. The Morgan fingerprint density at radius 3 is 2.64 bits per heavy atom. The molecule has 1 amide bonds. The first-order valence-electron chi connectivity index (χ1n) is 12.2. The summed E-state index contributed by atoms with van der Waals surface area (Å²) in [6.07, 6.45) is 3.55. The largest absolute Gasteiger partial charge is 0.349 e. The number of carbonyl (C=O) groups excluding carboxylic acids is 1. The van der Waals surface area contributed by atoms with E-state index in [9.17, 15) is 13.6 Å². The minimum atomic E-state index is -0.828. The third kappa shape index (κ3) is 4.79. The van der Waals surface area contributed by atoms with E-state index in [1.165, 1.54) is 6.07 Å². The smallest absolute Gasteiger partial charge is 0.251 e. The van der Waals surface area contributed by atoms with Crippen molar-refractivity contribution in [2.45, 2.75) is 38.0 Å². The Hall–Kier alpha value is -3.85. The molecule has 0 spiro atoms. The average molecular weight is 489 g/mol. The lowest BCUT2D eigenvalue weighted by molar-refractivity contribution is 0.0951. The van der Waals surface area contributed by atoms with Crippen molar-refractivity contribution in [2.24, 2.45) is 0 Å². The van der Waals surface area contributed by atoms with Gasteiger partial charge in [0.2, 0.25) is 5.95 Å². The van der Waals surface area contributed by atoms with Gasteiger partial charge in [-0.1, -0.05) is 12.1 Å². The number of hydrogen-bond acceptors (Lipinski definition) is 5. The van der Waals surface area contributed by atoms with E-state index in [1.54, 1.807) is 28.9 Å². The summed E-state index contributed by atoms with van der Waals surface area (Å²) in [4.78, 5) is 18.8. The zero-order valence-corrected chi connectivity index (χ0v) is 19.6. The Kier molecular flexibility index (Phi) is 5.85. The van der Waals surface area contributed by atoms with E-state index in [4.69, 9.17) is 0 Å². The van der Waals surface area contributed by atoms with Gasteiger partial charge in [0.25, 0.3) is 5.91 Å². The normalized spacial score (nSPS) is 18.0. The van der Waals surface area contributed by atoms with Crippen LogP contribution in [-0.4, -0.2) is 50.7 Å². The summed E-state index contributed by atoms with van der Waals surface area (Å²) in [5.74, 6) is 0.00913. The van der Waals surface area contributed by atoms with Gasteiger partial charge in [-0.15, -0.1) is 5.10 Å². The van der Waals surface area contributed by atoms with Crippen LogP contribution < -0.4 is 10.6 Å². The fourth-order valence-electron chi connectivity index (χ4n) is 4.53. The second kappa shape index (κ2) is 9.31. The van der Waals surface area contributed by atoms with Crippen LogP contribution in [-0.2, 0) is 6.54 Å². The highest BCUT2D eigenvalue weighted by Gasteiger charge is 2.24. The van der Waals surface area contributed by atoms with Crippen LogP contribution in [0.25, 0.3) is 16.8 Å². The molecule has 1 aliphatic carbocycles. The van der Waals surface area contributed by atoms with Crippen LogP contribution in [0.4, 0.5) is 20.4 Å². The molecular formula is C27H26F2N6O. The van der Waals surface area contributed by atoms with Crippen LogP contribution in [0.5, 0.6) is 0 Å². The predicted molar refractivity (Wildman–Crippen MR) is 133 cm³/mol. The molecule has 6 rings (SSSR count). The second-order valence-corrected chi connectivity index (χ2v) is 9.50. The number of alkyl halides is 1. The SMILES string of the molecule is O=C(NC1CC1)c1ccc(Nc2nc3c(-c4ccc(CN5CCC(F)C5)c(F)c4)cccn3n2)cc1. The van der Waals surface area contributed by atoms with Gasteiger partial charge in [0.1, 0.15) is 12.0 Å². The Balaban J connectivity index is 1.20. The van der Waals surface area contributed by atoms with Gasteiger partial charge < -0.3 is 10.6 Å². The number of nitrogens with zero attached hydrogens (tertiary/aromatic N) is 4. The first-order valence-corrected chi connectivity index (χ1v) is 12.2. The standard InChI is InChI=1S/C27H26F2N6O/c28-20-11-13-34(16-20)15-19-4-3-18(14-24(19)29)23-2-1-12-35-25(23)32-27(33-35)31-22-7-5-17(6-8-22)26(36)30-21-9-10-21/h1-8,12,14,20-21H,9-11,13,15-16H2,(H,30,36)(H,31,33). The predicted octanol–water partition coefficient (Wildman–Crippen LogP) is 4.72. The summed E-state index contributed by atoms with van der Waals surface area (Å²) < 4.78 is 30.1. The summed E-state index contributed by atoms with van der Waals surface area (Å²) in [7, 11) is 0. The second-order valence-electron chi connectivity index (χ2n) is 9.50. The van der Waals surface area contributed by atoms with Crippen molar-refractivity contribution >= 4 is 23.2 Å².